The highest BCUT2D eigenvalue weighted by Crippen LogP contribution is 2.28. The number of ether oxygens (including phenoxy) is 5. The summed E-state index contributed by atoms with van der Waals surface area (Å²) in [5.74, 6) is 0. The summed E-state index contributed by atoms with van der Waals surface area (Å²) in [6, 6.07) is 9.81. The maximum absolute atomic E-state index is 9.59. The summed E-state index contributed by atoms with van der Waals surface area (Å²) in [5.41, 5.74) is 1.04. The van der Waals surface area contributed by atoms with Crippen molar-refractivity contribution in [2.75, 3.05) is 27.9 Å². The molecule has 1 fully saturated rings. The fourth-order valence-corrected chi connectivity index (χ4v) is 2.70. The summed E-state index contributed by atoms with van der Waals surface area (Å²) in [4.78, 5) is 0. The SMILES string of the molecule is CO[C@H]1O[C@H](CO)[C@@H](OCc2ccccc2)[C@H](OC)[C@H]1OC. The molecule has 22 heavy (non-hydrogen) atoms. The Morgan fingerprint density at radius 3 is 2.18 bits per heavy atom. The first-order valence-corrected chi connectivity index (χ1v) is 7.25. The molecule has 0 aliphatic carbocycles. The van der Waals surface area contributed by atoms with E-state index >= 15 is 0 Å². The molecule has 6 heteroatoms. The van der Waals surface area contributed by atoms with Gasteiger partial charge in [0.05, 0.1) is 13.2 Å². The van der Waals surface area contributed by atoms with Gasteiger partial charge < -0.3 is 28.8 Å². The Hall–Kier alpha value is -1.02. The van der Waals surface area contributed by atoms with Gasteiger partial charge in [0.15, 0.2) is 6.29 Å². The lowest BCUT2D eigenvalue weighted by Gasteiger charge is -2.44. The molecule has 1 aromatic carbocycles. The largest absolute Gasteiger partial charge is 0.394 e. The van der Waals surface area contributed by atoms with Crippen LogP contribution in [-0.2, 0) is 30.3 Å². The second-order valence-corrected chi connectivity index (χ2v) is 5.12. The predicted octanol–water partition coefficient (Wildman–Crippen LogP) is 0.965. The predicted molar refractivity (Wildman–Crippen MR) is 79.4 cm³/mol. The van der Waals surface area contributed by atoms with Gasteiger partial charge in [-0.15, -0.1) is 0 Å². The van der Waals surface area contributed by atoms with E-state index in [2.05, 4.69) is 0 Å². The minimum Gasteiger partial charge on any atom is -0.394 e. The van der Waals surface area contributed by atoms with Crippen molar-refractivity contribution in [3.8, 4) is 0 Å². The molecule has 0 aromatic heterocycles. The van der Waals surface area contributed by atoms with Gasteiger partial charge in [0.2, 0.25) is 0 Å². The molecule has 1 N–H and O–H groups in total. The number of hydrogen-bond donors (Lipinski definition) is 1. The van der Waals surface area contributed by atoms with E-state index in [0.29, 0.717) is 6.61 Å². The Kier molecular flexibility index (Phi) is 6.75. The fraction of sp³-hybridized carbons (Fsp3) is 0.625. The topological polar surface area (TPSA) is 66.4 Å². The van der Waals surface area contributed by atoms with E-state index in [1.54, 1.807) is 14.2 Å². The zero-order chi connectivity index (χ0) is 15.9. The molecular weight excluding hydrogens is 288 g/mol. The Labute approximate surface area is 130 Å². The zero-order valence-electron chi connectivity index (χ0n) is 13.2. The molecule has 1 aliphatic rings. The number of hydrogen-bond acceptors (Lipinski definition) is 6. The van der Waals surface area contributed by atoms with Crippen LogP contribution in [-0.4, -0.2) is 63.7 Å². The Morgan fingerprint density at radius 1 is 0.955 bits per heavy atom. The van der Waals surface area contributed by atoms with E-state index in [1.807, 2.05) is 30.3 Å². The van der Waals surface area contributed by atoms with Crippen LogP contribution >= 0.6 is 0 Å². The molecule has 124 valence electrons. The van der Waals surface area contributed by atoms with E-state index in [0.717, 1.165) is 5.56 Å². The first-order chi connectivity index (χ1) is 10.7. The molecule has 0 amide bonds. The molecule has 1 aromatic rings. The maximum atomic E-state index is 9.59. The average Bonchev–Trinajstić information content (AvgIpc) is 2.59. The molecule has 0 radical (unpaired) electrons. The van der Waals surface area contributed by atoms with Crippen LogP contribution in [0.3, 0.4) is 0 Å². The van der Waals surface area contributed by atoms with Crippen LogP contribution in [0.15, 0.2) is 30.3 Å². The molecule has 1 heterocycles. The van der Waals surface area contributed by atoms with E-state index < -0.39 is 30.7 Å². The van der Waals surface area contributed by atoms with Crippen molar-refractivity contribution in [1.29, 1.82) is 0 Å². The number of benzene rings is 1. The van der Waals surface area contributed by atoms with Crippen molar-refractivity contribution < 1.29 is 28.8 Å². The summed E-state index contributed by atoms with van der Waals surface area (Å²) in [6.45, 7) is 0.217. The highest BCUT2D eigenvalue weighted by molar-refractivity contribution is 5.13. The van der Waals surface area contributed by atoms with Gasteiger partial charge in [0.1, 0.15) is 24.4 Å². The van der Waals surface area contributed by atoms with Gasteiger partial charge in [-0.25, -0.2) is 0 Å². The van der Waals surface area contributed by atoms with Crippen molar-refractivity contribution in [2.45, 2.75) is 37.3 Å². The molecular formula is C16H24O6. The van der Waals surface area contributed by atoms with Crippen molar-refractivity contribution in [3.05, 3.63) is 35.9 Å². The zero-order valence-corrected chi connectivity index (χ0v) is 13.2. The highest BCUT2D eigenvalue weighted by atomic mass is 16.7. The summed E-state index contributed by atoms with van der Waals surface area (Å²) in [6.07, 6.45) is -2.43. The van der Waals surface area contributed by atoms with E-state index in [1.165, 1.54) is 7.11 Å². The fourth-order valence-electron chi connectivity index (χ4n) is 2.70. The summed E-state index contributed by atoms with van der Waals surface area (Å²) < 4.78 is 27.9. The Bertz CT molecular complexity index is 426. The van der Waals surface area contributed by atoms with Gasteiger partial charge >= 0.3 is 0 Å². The van der Waals surface area contributed by atoms with Crippen molar-refractivity contribution in [3.63, 3.8) is 0 Å². The second kappa shape index (κ2) is 8.57. The Balaban J connectivity index is 2.10. The third-order valence-corrected chi connectivity index (χ3v) is 3.83. The van der Waals surface area contributed by atoms with E-state index in [-0.39, 0.29) is 6.61 Å². The van der Waals surface area contributed by atoms with Gasteiger partial charge in [-0.2, -0.15) is 0 Å². The van der Waals surface area contributed by atoms with Crippen molar-refractivity contribution >= 4 is 0 Å². The van der Waals surface area contributed by atoms with Gasteiger partial charge in [-0.05, 0) is 5.56 Å². The van der Waals surface area contributed by atoms with Crippen LogP contribution < -0.4 is 0 Å². The van der Waals surface area contributed by atoms with Crippen LogP contribution in [0.1, 0.15) is 5.56 Å². The van der Waals surface area contributed by atoms with Crippen molar-refractivity contribution in [1.82, 2.24) is 0 Å². The molecule has 5 atom stereocenters. The molecule has 1 saturated heterocycles. The third kappa shape index (κ3) is 3.84. The lowest BCUT2D eigenvalue weighted by atomic mass is 9.98. The van der Waals surface area contributed by atoms with E-state index in [4.69, 9.17) is 23.7 Å². The number of aliphatic hydroxyl groups excluding tert-OH is 1. The highest BCUT2D eigenvalue weighted by Gasteiger charge is 2.47. The molecule has 1 aliphatic heterocycles. The number of aliphatic hydroxyl groups is 1. The number of rotatable bonds is 7. The molecule has 0 unspecified atom stereocenters. The van der Waals surface area contributed by atoms with Crippen molar-refractivity contribution in [2.24, 2.45) is 0 Å². The van der Waals surface area contributed by atoms with Gasteiger partial charge in [-0.1, -0.05) is 30.3 Å². The molecule has 2 rings (SSSR count). The van der Waals surface area contributed by atoms with Gasteiger partial charge in [-0.3, -0.25) is 0 Å². The van der Waals surface area contributed by atoms with Crippen LogP contribution in [0.4, 0.5) is 0 Å². The van der Waals surface area contributed by atoms with Crippen LogP contribution in [0.25, 0.3) is 0 Å². The van der Waals surface area contributed by atoms with Gasteiger partial charge in [0, 0.05) is 21.3 Å². The third-order valence-electron chi connectivity index (χ3n) is 3.83. The minimum absolute atomic E-state index is 0.185. The van der Waals surface area contributed by atoms with Gasteiger partial charge in [0.25, 0.3) is 0 Å². The monoisotopic (exact) mass is 312 g/mol. The second-order valence-electron chi connectivity index (χ2n) is 5.12. The summed E-state index contributed by atoms with van der Waals surface area (Å²) >= 11 is 0. The summed E-state index contributed by atoms with van der Waals surface area (Å²) in [7, 11) is 4.69. The molecule has 0 spiro atoms. The molecule has 0 saturated carbocycles. The lowest BCUT2D eigenvalue weighted by Crippen LogP contribution is -2.61. The van der Waals surface area contributed by atoms with Crippen LogP contribution in [0, 0.1) is 0 Å². The maximum Gasteiger partial charge on any atom is 0.186 e. The molecule has 6 nitrogen and oxygen atoms in total. The molecule has 0 bridgehead atoms. The van der Waals surface area contributed by atoms with Crippen LogP contribution in [0.2, 0.25) is 0 Å². The quantitative estimate of drug-likeness (QED) is 0.809. The normalized spacial score (nSPS) is 32.1. The first-order valence-electron chi connectivity index (χ1n) is 7.25. The minimum atomic E-state index is -0.608. The Morgan fingerprint density at radius 2 is 1.64 bits per heavy atom. The average molecular weight is 312 g/mol. The number of methoxy groups -OCH3 is 3. The van der Waals surface area contributed by atoms with E-state index in [9.17, 15) is 5.11 Å². The first kappa shape index (κ1) is 17.3. The smallest absolute Gasteiger partial charge is 0.186 e. The van der Waals surface area contributed by atoms with Crippen LogP contribution in [0.5, 0.6) is 0 Å². The standard InChI is InChI=1S/C16H24O6/c1-18-14-13(21-10-11-7-5-4-6-8-11)12(9-17)22-16(20-3)15(14)19-2/h4-8,12-17H,9-10H2,1-3H3/t12-,13-,14+,15-,16+/m1/s1. The summed E-state index contributed by atoms with van der Waals surface area (Å²) in [5, 5.41) is 9.59. The lowest BCUT2D eigenvalue weighted by molar-refractivity contribution is -0.311.